The Morgan fingerprint density at radius 2 is 1.57 bits per heavy atom. The van der Waals surface area contributed by atoms with Gasteiger partial charge in [0.15, 0.2) is 5.60 Å². The summed E-state index contributed by atoms with van der Waals surface area (Å²) in [5, 5.41) is 13.4. The van der Waals surface area contributed by atoms with Gasteiger partial charge in [0.05, 0.1) is 29.3 Å². The van der Waals surface area contributed by atoms with Crippen LogP contribution in [0.2, 0.25) is 5.02 Å². The van der Waals surface area contributed by atoms with Crippen LogP contribution in [0.15, 0.2) is 90.1 Å². The van der Waals surface area contributed by atoms with Gasteiger partial charge in [-0.15, -0.1) is 0 Å². The Morgan fingerprint density at radius 3 is 2.19 bits per heavy atom. The molecular weight excluding hydrogens is 503 g/mol. The summed E-state index contributed by atoms with van der Waals surface area (Å²) in [4.78, 5) is 16.9. The van der Waals surface area contributed by atoms with Gasteiger partial charge < -0.3 is 14.2 Å². The molecule has 5 rings (SSSR count). The summed E-state index contributed by atoms with van der Waals surface area (Å²) in [5.41, 5.74) is 0.0483. The quantitative estimate of drug-likeness (QED) is 0.319. The van der Waals surface area contributed by atoms with Crippen molar-refractivity contribution in [1.29, 1.82) is 0 Å². The Kier molecular flexibility index (Phi) is 5.96. The van der Waals surface area contributed by atoms with Crippen LogP contribution in [0.1, 0.15) is 22.4 Å². The Bertz CT molecular complexity index is 1690. The smallest absolute Gasteiger partial charge is 0.374 e. The highest BCUT2D eigenvalue weighted by Gasteiger charge is 2.38. The van der Waals surface area contributed by atoms with Crippen molar-refractivity contribution < 1.29 is 18.3 Å². The molecule has 1 N–H and O–H groups in total. The third kappa shape index (κ3) is 4.22. The van der Waals surface area contributed by atoms with Crippen molar-refractivity contribution in [2.24, 2.45) is 14.1 Å². The van der Waals surface area contributed by atoms with E-state index in [1.807, 2.05) is 6.07 Å². The predicted molar refractivity (Wildman–Crippen MR) is 136 cm³/mol. The molecule has 2 aromatic heterocycles. The molecule has 0 amide bonds. The molecule has 9 heteroatoms. The van der Waals surface area contributed by atoms with Crippen LogP contribution < -0.4 is 5.56 Å². The molecule has 0 radical (unpaired) electrons. The van der Waals surface area contributed by atoms with Gasteiger partial charge in [0, 0.05) is 30.6 Å². The molecule has 37 heavy (non-hydrogen) atoms. The Morgan fingerprint density at radius 1 is 0.892 bits per heavy atom. The molecule has 0 spiro atoms. The highest BCUT2D eigenvalue weighted by Crippen LogP contribution is 2.40. The number of halogens is 4. The van der Waals surface area contributed by atoms with E-state index in [4.69, 9.17) is 11.6 Å². The number of benzene rings is 3. The zero-order valence-electron chi connectivity index (χ0n) is 19.8. The van der Waals surface area contributed by atoms with Crippen molar-refractivity contribution in [3.63, 3.8) is 0 Å². The maximum atomic E-state index is 13.2. The number of nitrogens with zero attached hydrogens (tertiary/aromatic N) is 3. The zero-order valence-corrected chi connectivity index (χ0v) is 20.5. The van der Waals surface area contributed by atoms with Gasteiger partial charge in [0.25, 0.3) is 5.56 Å². The third-order valence-electron chi connectivity index (χ3n) is 6.62. The van der Waals surface area contributed by atoms with Crippen molar-refractivity contribution in [2.75, 3.05) is 0 Å². The molecule has 5 nitrogen and oxygen atoms in total. The van der Waals surface area contributed by atoms with Crippen molar-refractivity contribution in [3.8, 4) is 11.1 Å². The van der Waals surface area contributed by atoms with Crippen LogP contribution >= 0.6 is 11.6 Å². The summed E-state index contributed by atoms with van der Waals surface area (Å²) >= 11 is 6.22. The van der Waals surface area contributed by atoms with E-state index >= 15 is 0 Å². The van der Waals surface area contributed by atoms with Crippen molar-refractivity contribution in [1.82, 2.24) is 14.1 Å². The number of aromatic nitrogens is 3. The molecule has 0 aliphatic rings. The van der Waals surface area contributed by atoms with Crippen LogP contribution in [0.4, 0.5) is 13.2 Å². The van der Waals surface area contributed by atoms with E-state index in [1.54, 1.807) is 55.1 Å². The largest absolute Gasteiger partial charge is 0.416 e. The minimum absolute atomic E-state index is 0.222. The van der Waals surface area contributed by atoms with Gasteiger partial charge in [-0.05, 0) is 58.7 Å². The van der Waals surface area contributed by atoms with Crippen LogP contribution in [0.3, 0.4) is 0 Å². The van der Waals surface area contributed by atoms with Gasteiger partial charge in [0.1, 0.15) is 0 Å². The molecular formula is C28H21ClF3N3O2. The highest BCUT2D eigenvalue weighted by atomic mass is 35.5. The van der Waals surface area contributed by atoms with Crippen molar-refractivity contribution >= 4 is 22.5 Å². The SMILES string of the molecule is Cn1cncc1C(O)(c1ccc(C(F)(F)F)cc1)c1ccc2c(c1)c(-c1cccc(Cl)c1)cc(=O)n2C. The normalized spacial score (nSPS) is 13.6. The summed E-state index contributed by atoms with van der Waals surface area (Å²) < 4.78 is 42.8. The van der Waals surface area contributed by atoms with E-state index in [-0.39, 0.29) is 11.1 Å². The second-order valence-electron chi connectivity index (χ2n) is 8.87. The van der Waals surface area contributed by atoms with Gasteiger partial charge in [-0.25, -0.2) is 4.98 Å². The topological polar surface area (TPSA) is 60.0 Å². The number of rotatable bonds is 4. The van der Waals surface area contributed by atoms with Crippen molar-refractivity contribution in [3.05, 3.63) is 123 Å². The number of imidazole rings is 1. The number of hydrogen-bond donors (Lipinski definition) is 1. The van der Waals surface area contributed by atoms with E-state index in [2.05, 4.69) is 4.98 Å². The highest BCUT2D eigenvalue weighted by molar-refractivity contribution is 6.30. The fraction of sp³-hybridized carbons (Fsp3) is 0.143. The minimum atomic E-state index is -4.51. The van der Waals surface area contributed by atoms with Crippen LogP contribution in [0.25, 0.3) is 22.0 Å². The van der Waals surface area contributed by atoms with E-state index in [1.165, 1.54) is 35.3 Å². The molecule has 0 saturated carbocycles. The molecule has 1 atom stereocenters. The first-order valence-electron chi connectivity index (χ1n) is 11.3. The summed E-state index contributed by atoms with van der Waals surface area (Å²) in [6, 6.07) is 18.1. The number of aryl methyl sites for hydroxylation is 2. The van der Waals surface area contributed by atoms with Crippen LogP contribution in [-0.4, -0.2) is 19.2 Å². The number of hydrogen-bond acceptors (Lipinski definition) is 3. The molecule has 0 aliphatic carbocycles. The maximum Gasteiger partial charge on any atom is 0.416 e. The standard InChI is InChI=1S/C28H21ClF3N3O2/c1-34-16-33-15-25(34)27(37,18-6-8-19(9-7-18)28(30,31)32)20-10-11-24-23(13-20)22(14-26(36)35(24)2)17-4-3-5-21(29)12-17/h3-16,37H,1-2H3. The van der Waals surface area contributed by atoms with Gasteiger partial charge >= 0.3 is 6.18 Å². The van der Waals surface area contributed by atoms with E-state index < -0.39 is 17.3 Å². The summed E-state index contributed by atoms with van der Waals surface area (Å²) in [5.74, 6) is 0. The zero-order chi connectivity index (χ0) is 26.5. The average molecular weight is 524 g/mol. The fourth-order valence-electron chi connectivity index (χ4n) is 4.65. The van der Waals surface area contributed by atoms with E-state index in [0.29, 0.717) is 38.3 Å². The molecule has 0 saturated heterocycles. The lowest BCUT2D eigenvalue weighted by Crippen LogP contribution is -2.31. The van der Waals surface area contributed by atoms with Gasteiger partial charge in [-0.1, -0.05) is 41.9 Å². The van der Waals surface area contributed by atoms with Gasteiger partial charge in [-0.2, -0.15) is 13.2 Å². The number of fused-ring (bicyclic) bond motifs is 1. The van der Waals surface area contributed by atoms with Crippen LogP contribution in [-0.2, 0) is 25.9 Å². The maximum absolute atomic E-state index is 13.2. The lowest BCUT2D eigenvalue weighted by Gasteiger charge is -2.30. The molecule has 0 aliphatic heterocycles. The molecule has 0 bridgehead atoms. The first kappa shape index (κ1) is 24.8. The summed E-state index contributed by atoms with van der Waals surface area (Å²) in [7, 11) is 3.34. The van der Waals surface area contributed by atoms with E-state index in [9.17, 15) is 23.1 Å². The van der Waals surface area contributed by atoms with Gasteiger partial charge in [-0.3, -0.25) is 4.79 Å². The first-order chi connectivity index (χ1) is 17.5. The van der Waals surface area contributed by atoms with Crippen LogP contribution in [0, 0.1) is 0 Å². The lowest BCUT2D eigenvalue weighted by molar-refractivity contribution is -0.137. The minimum Gasteiger partial charge on any atom is -0.374 e. The third-order valence-corrected chi connectivity index (χ3v) is 6.85. The molecule has 188 valence electrons. The number of aliphatic hydroxyl groups is 1. The van der Waals surface area contributed by atoms with Crippen molar-refractivity contribution in [2.45, 2.75) is 11.8 Å². The number of pyridine rings is 1. The van der Waals surface area contributed by atoms with Gasteiger partial charge in [0.2, 0.25) is 0 Å². The second-order valence-corrected chi connectivity index (χ2v) is 9.31. The number of alkyl halides is 3. The monoisotopic (exact) mass is 523 g/mol. The molecule has 1 unspecified atom stereocenters. The summed E-state index contributed by atoms with van der Waals surface area (Å²) in [6.07, 6.45) is -1.53. The van der Waals surface area contributed by atoms with Crippen LogP contribution in [0.5, 0.6) is 0 Å². The Hall–Kier alpha value is -3.88. The van der Waals surface area contributed by atoms with E-state index in [0.717, 1.165) is 12.1 Å². The first-order valence-corrected chi connectivity index (χ1v) is 11.6. The fourth-order valence-corrected chi connectivity index (χ4v) is 4.84. The predicted octanol–water partition coefficient (Wildman–Crippen LogP) is 5.90. The lowest BCUT2D eigenvalue weighted by atomic mass is 9.82. The molecule has 0 fully saturated rings. The Balaban J connectivity index is 1.80. The Labute approximate surface area is 215 Å². The molecule has 5 aromatic rings. The molecule has 3 aromatic carbocycles. The second kappa shape index (κ2) is 8.90. The average Bonchev–Trinajstić information content (AvgIpc) is 3.31. The molecule has 2 heterocycles. The summed E-state index contributed by atoms with van der Waals surface area (Å²) in [6.45, 7) is 0.